The summed E-state index contributed by atoms with van der Waals surface area (Å²) in [5, 5.41) is 2.93. The number of hydrogen-bond acceptors (Lipinski definition) is 4. The van der Waals surface area contributed by atoms with Gasteiger partial charge in [-0.15, -0.1) is 0 Å². The van der Waals surface area contributed by atoms with Crippen LogP contribution in [-0.2, 0) is 4.79 Å². The van der Waals surface area contributed by atoms with E-state index in [4.69, 9.17) is 4.42 Å². The van der Waals surface area contributed by atoms with Crippen LogP contribution < -0.4 is 5.32 Å². The van der Waals surface area contributed by atoms with Crippen LogP contribution >= 0.6 is 0 Å². The van der Waals surface area contributed by atoms with Crippen LogP contribution in [0.2, 0.25) is 0 Å². The molecule has 2 aromatic rings. The number of rotatable bonds is 5. The van der Waals surface area contributed by atoms with E-state index < -0.39 is 0 Å². The molecule has 132 valence electrons. The van der Waals surface area contributed by atoms with Gasteiger partial charge in [-0.1, -0.05) is 19.9 Å². The topological polar surface area (TPSA) is 75.4 Å². The number of nitrogens with zero attached hydrogens (tertiary/aromatic N) is 2. The molecule has 3 heterocycles. The summed E-state index contributed by atoms with van der Waals surface area (Å²) in [7, 11) is 1.80. The highest BCUT2D eigenvalue weighted by molar-refractivity contribution is 5.93. The van der Waals surface area contributed by atoms with Gasteiger partial charge in [0.25, 0.3) is 5.91 Å². The molecule has 2 amide bonds. The Morgan fingerprint density at radius 1 is 1.44 bits per heavy atom. The average Bonchev–Trinajstić information content (AvgIpc) is 3.19. The molecular weight excluding hydrogens is 318 g/mol. The first kappa shape index (κ1) is 17.2. The first-order valence-corrected chi connectivity index (χ1v) is 8.50. The van der Waals surface area contributed by atoms with Crippen LogP contribution in [0.15, 0.2) is 41.3 Å². The average molecular weight is 341 g/mol. The lowest BCUT2D eigenvalue weighted by molar-refractivity contribution is -0.127. The third-order valence-corrected chi connectivity index (χ3v) is 4.77. The monoisotopic (exact) mass is 341 g/mol. The van der Waals surface area contributed by atoms with Crippen molar-refractivity contribution >= 4 is 11.8 Å². The molecule has 0 bridgehead atoms. The molecule has 1 aliphatic heterocycles. The molecule has 1 N–H and O–H groups in total. The fourth-order valence-electron chi connectivity index (χ4n) is 3.44. The maximum Gasteiger partial charge on any atom is 0.287 e. The molecule has 1 aliphatic rings. The lowest BCUT2D eigenvalue weighted by Crippen LogP contribution is -2.32. The standard InChI is InChI=1S/C19H23N3O3/c1-12(2)15-6-8-25-18(15)19(24)21-11-14-9-16(23)22(3)17(14)13-5-4-7-20-10-13/h4-8,10,12,14,17H,9,11H2,1-3H3,(H,21,24)/t14-,17-/m0/s1. The summed E-state index contributed by atoms with van der Waals surface area (Å²) in [5.41, 5.74) is 1.87. The number of carbonyl (C=O) groups excluding carboxylic acids is 2. The molecule has 1 saturated heterocycles. The highest BCUT2D eigenvalue weighted by atomic mass is 16.3. The Labute approximate surface area is 147 Å². The molecule has 2 aromatic heterocycles. The second kappa shape index (κ2) is 7.09. The van der Waals surface area contributed by atoms with Crippen molar-refractivity contribution < 1.29 is 14.0 Å². The smallest absolute Gasteiger partial charge is 0.287 e. The molecule has 0 unspecified atom stereocenters. The van der Waals surface area contributed by atoms with E-state index in [1.165, 1.54) is 6.26 Å². The SMILES string of the molecule is CC(C)c1ccoc1C(=O)NC[C@@H]1CC(=O)N(C)[C@H]1c1cccnc1. The number of pyridine rings is 1. The van der Waals surface area contributed by atoms with Gasteiger partial charge in [0.2, 0.25) is 5.91 Å². The van der Waals surface area contributed by atoms with Gasteiger partial charge in [0, 0.05) is 43.9 Å². The third kappa shape index (κ3) is 3.43. The van der Waals surface area contributed by atoms with Gasteiger partial charge in [-0.3, -0.25) is 14.6 Å². The second-order valence-corrected chi connectivity index (χ2v) is 6.77. The normalized spacial score (nSPS) is 20.3. The molecule has 0 radical (unpaired) electrons. The van der Waals surface area contributed by atoms with Crippen LogP contribution in [0.25, 0.3) is 0 Å². The minimum absolute atomic E-state index is 0.00288. The first-order chi connectivity index (χ1) is 12.0. The molecule has 0 aromatic carbocycles. The number of aromatic nitrogens is 1. The number of carbonyl (C=O) groups is 2. The maximum atomic E-state index is 12.5. The summed E-state index contributed by atoms with van der Waals surface area (Å²) in [6, 6.07) is 5.57. The number of hydrogen-bond donors (Lipinski definition) is 1. The molecular formula is C19H23N3O3. The third-order valence-electron chi connectivity index (χ3n) is 4.77. The van der Waals surface area contributed by atoms with Crippen LogP contribution in [0.3, 0.4) is 0 Å². The van der Waals surface area contributed by atoms with Crippen LogP contribution in [-0.4, -0.2) is 35.3 Å². The summed E-state index contributed by atoms with van der Waals surface area (Å²) in [4.78, 5) is 30.5. The summed E-state index contributed by atoms with van der Waals surface area (Å²) in [6.07, 6.45) is 5.43. The summed E-state index contributed by atoms with van der Waals surface area (Å²) >= 11 is 0. The Bertz CT molecular complexity index is 754. The molecule has 0 saturated carbocycles. The van der Waals surface area contributed by atoms with E-state index in [1.54, 1.807) is 24.3 Å². The zero-order chi connectivity index (χ0) is 18.0. The summed E-state index contributed by atoms with van der Waals surface area (Å²) < 4.78 is 5.36. The molecule has 0 spiro atoms. The molecule has 6 nitrogen and oxygen atoms in total. The van der Waals surface area contributed by atoms with Crippen molar-refractivity contribution in [2.75, 3.05) is 13.6 Å². The van der Waals surface area contributed by atoms with Crippen molar-refractivity contribution in [3.8, 4) is 0 Å². The molecule has 0 aliphatic carbocycles. The van der Waals surface area contributed by atoms with E-state index in [-0.39, 0.29) is 29.7 Å². The number of furan rings is 1. The van der Waals surface area contributed by atoms with Gasteiger partial charge >= 0.3 is 0 Å². The number of likely N-dealkylation sites (tertiary alicyclic amines) is 1. The van der Waals surface area contributed by atoms with Crippen molar-refractivity contribution in [1.29, 1.82) is 0 Å². The van der Waals surface area contributed by atoms with Crippen molar-refractivity contribution in [3.05, 3.63) is 53.7 Å². The molecule has 2 atom stereocenters. The predicted octanol–water partition coefficient (Wildman–Crippen LogP) is 2.75. The van der Waals surface area contributed by atoms with E-state index in [0.29, 0.717) is 18.7 Å². The van der Waals surface area contributed by atoms with Crippen LogP contribution in [0, 0.1) is 5.92 Å². The second-order valence-electron chi connectivity index (χ2n) is 6.77. The Morgan fingerprint density at radius 2 is 2.24 bits per heavy atom. The van der Waals surface area contributed by atoms with Gasteiger partial charge < -0.3 is 14.6 Å². The fraction of sp³-hybridized carbons (Fsp3) is 0.421. The minimum atomic E-state index is -0.236. The van der Waals surface area contributed by atoms with E-state index in [9.17, 15) is 9.59 Å². The van der Waals surface area contributed by atoms with Gasteiger partial charge in [0.05, 0.1) is 12.3 Å². The van der Waals surface area contributed by atoms with Gasteiger partial charge in [-0.05, 0) is 23.6 Å². The van der Waals surface area contributed by atoms with E-state index in [2.05, 4.69) is 10.3 Å². The van der Waals surface area contributed by atoms with Gasteiger partial charge in [0.1, 0.15) is 0 Å². The van der Waals surface area contributed by atoms with E-state index >= 15 is 0 Å². The maximum absolute atomic E-state index is 12.5. The molecule has 6 heteroatoms. The lowest BCUT2D eigenvalue weighted by atomic mass is 9.94. The van der Waals surface area contributed by atoms with Crippen molar-refractivity contribution in [2.45, 2.75) is 32.2 Å². The van der Waals surface area contributed by atoms with E-state index in [0.717, 1.165) is 11.1 Å². The molecule has 1 fully saturated rings. The zero-order valence-corrected chi connectivity index (χ0v) is 14.7. The van der Waals surface area contributed by atoms with Crippen molar-refractivity contribution in [1.82, 2.24) is 15.2 Å². The Kier molecular flexibility index (Phi) is 4.88. The van der Waals surface area contributed by atoms with Crippen LogP contribution in [0.1, 0.15) is 53.9 Å². The number of amides is 2. The Balaban J connectivity index is 1.72. The van der Waals surface area contributed by atoms with Gasteiger partial charge in [-0.2, -0.15) is 0 Å². The summed E-state index contributed by atoms with van der Waals surface area (Å²) in [6.45, 7) is 4.45. The van der Waals surface area contributed by atoms with Crippen LogP contribution in [0.4, 0.5) is 0 Å². The largest absolute Gasteiger partial charge is 0.459 e. The Morgan fingerprint density at radius 3 is 2.92 bits per heavy atom. The van der Waals surface area contributed by atoms with Crippen LogP contribution in [0.5, 0.6) is 0 Å². The summed E-state index contributed by atoms with van der Waals surface area (Å²) in [5.74, 6) is 0.408. The predicted molar refractivity (Wildman–Crippen MR) is 93.0 cm³/mol. The first-order valence-electron chi connectivity index (χ1n) is 8.50. The van der Waals surface area contributed by atoms with Crippen molar-refractivity contribution in [2.24, 2.45) is 5.92 Å². The van der Waals surface area contributed by atoms with Gasteiger partial charge in [-0.25, -0.2) is 0 Å². The highest BCUT2D eigenvalue weighted by Crippen LogP contribution is 2.36. The minimum Gasteiger partial charge on any atom is -0.459 e. The highest BCUT2D eigenvalue weighted by Gasteiger charge is 2.38. The lowest BCUT2D eigenvalue weighted by Gasteiger charge is -2.25. The Hall–Kier alpha value is -2.63. The molecule has 25 heavy (non-hydrogen) atoms. The van der Waals surface area contributed by atoms with Crippen molar-refractivity contribution in [3.63, 3.8) is 0 Å². The van der Waals surface area contributed by atoms with E-state index in [1.807, 2.05) is 32.0 Å². The quantitative estimate of drug-likeness (QED) is 0.907. The zero-order valence-electron chi connectivity index (χ0n) is 14.7. The fourth-order valence-corrected chi connectivity index (χ4v) is 3.44. The molecule has 3 rings (SSSR count). The van der Waals surface area contributed by atoms with Gasteiger partial charge in [0.15, 0.2) is 5.76 Å². The number of nitrogens with one attached hydrogen (secondary N) is 1.